The molecular weight excluding hydrogens is 357 g/mol. The molecule has 5 rings (SSSR count). The summed E-state index contributed by atoms with van der Waals surface area (Å²) in [7, 11) is 1.64. The number of fused-ring (bicyclic) bond motifs is 2. The second kappa shape index (κ2) is 6.64. The number of hydrogen-bond donors (Lipinski definition) is 1. The molecule has 0 saturated carbocycles. The molecule has 2 aromatic heterocycles. The van der Waals surface area contributed by atoms with Gasteiger partial charge in [-0.2, -0.15) is 0 Å². The number of methoxy groups -OCH3 is 1. The number of halogens is 1. The van der Waals surface area contributed by atoms with Gasteiger partial charge >= 0.3 is 0 Å². The summed E-state index contributed by atoms with van der Waals surface area (Å²) in [6.07, 6.45) is 4.15. The fraction of sp³-hybridized carbons (Fsp3) is 0.182. The summed E-state index contributed by atoms with van der Waals surface area (Å²) in [5.74, 6) is 2.07. The molecule has 0 unspecified atom stereocenters. The van der Waals surface area contributed by atoms with Gasteiger partial charge in [0.2, 0.25) is 0 Å². The van der Waals surface area contributed by atoms with E-state index in [0.29, 0.717) is 17.6 Å². The first-order valence-electron chi connectivity index (χ1n) is 9.10. The van der Waals surface area contributed by atoms with Crippen molar-refractivity contribution in [3.8, 4) is 22.6 Å². The van der Waals surface area contributed by atoms with Gasteiger partial charge in [0.1, 0.15) is 22.8 Å². The molecule has 2 aromatic carbocycles. The molecule has 140 valence electrons. The second-order valence-electron chi connectivity index (χ2n) is 6.90. The SMILES string of the molecule is COc1ccc2c(c1)C[C@H](c1nc3c(F)cc(-c4ccncc4)cc3[nH]1)CO2. The Kier molecular flexibility index (Phi) is 3.97. The van der Waals surface area contributed by atoms with Crippen LogP contribution in [-0.4, -0.2) is 28.7 Å². The first-order chi connectivity index (χ1) is 13.7. The summed E-state index contributed by atoms with van der Waals surface area (Å²) in [5.41, 5.74) is 3.79. The van der Waals surface area contributed by atoms with Crippen molar-refractivity contribution in [1.29, 1.82) is 0 Å². The topological polar surface area (TPSA) is 60.0 Å². The van der Waals surface area contributed by atoms with Crippen LogP contribution in [0.15, 0.2) is 54.9 Å². The summed E-state index contributed by atoms with van der Waals surface area (Å²) in [6.45, 7) is 0.498. The maximum absolute atomic E-state index is 14.7. The highest BCUT2D eigenvalue weighted by Crippen LogP contribution is 2.35. The number of rotatable bonds is 3. The maximum atomic E-state index is 14.7. The number of H-pyrrole nitrogens is 1. The van der Waals surface area contributed by atoms with E-state index in [1.54, 1.807) is 19.5 Å². The predicted octanol–water partition coefficient (Wildman–Crippen LogP) is 4.49. The van der Waals surface area contributed by atoms with Crippen LogP contribution in [0.2, 0.25) is 0 Å². The van der Waals surface area contributed by atoms with Crippen LogP contribution in [0, 0.1) is 5.82 Å². The van der Waals surface area contributed by atoms with E-state index in [4.69, 9.17) is 9.47 Å². The second-order valence-corrected chi connectivity index (χ2v) is 6.90. The van der Waals surface area contributed by atoms with Gasteiger partial charge in [-0.3, -0.25) is 4.98 Å². The summed E-state index contributed by atoms with van der Waals surface area (Å²) in [4.78, 5) is 11.8. The first-order valence-corrected chi connectivity index (χ1v) is 9.10. The van der Waals surface area contributed by atoms with Crippen LogP contribution in [0.25, 0.3) is 22.2 Å². The molecule has 0 fully saturated rings. The van der Waals surface area contributed by atoms with Gasteiger partial charge in [0.05, 0.1) is 25.2 Å². The highest BCUT2D eigenvalue weighted by atomic mass is 19.1. The maximum Gasteiger partial charge on any atom is 0.151 e. The summed E-state index contributed by atoms with van der Waals surface area (Å²) < 4.78 is 25.9. The fourth-order valence-corrected chi connectivity index (χ4v) is 3.67. The number of aromatic nitrogens is 3. The van der Waals surface area contributed by atoms with Gasteiger partial charge in [-0.15, -0.1) is 0 Å². The van der Waals surface area contributed by atoms with E-state index in [2.05, 4.69) is 15.0 Å². The van der Waals surface area contributed by atoms with Crippen LogP contribution in [0.4, 0.5) is 4.39 Å². The molecule has 0 saturated heterocycles. The van der Waals surface area contributed by atoms with Gasteiger partial charge in [-0.25, -0.2) is 9.37 Å². The van der Waals surface area contributed by atoms with Gasteiger partial charge in [0.25, 0.3) is 0 Å². The largest absolute Gasteiger partial charge is 0.497 e. The number of nitrogens with one attached hydrogen (secondary N) is 1. The molecule has 0 spiro atoms. The Labute approximate surface area is 161 Å². The van der Waals surface area contributed by atoms with Crippen molar-refractivity contribution >= 4 is 11.0 Å². The van der Waals surface area contributed by atoms with E-state index in [0.717, 1.165) is 40.4 Å². The highest BCUT2D eigenvalue weighted by molar-refractivity contribution is 5.82. The Hall–Kier alpha value is -3.41. The standard InChI is InChI=1S/C22H18FN3O2/c1-27-17-2-3-20-15(9-17)8-16(12-28-20)22-25-19-11-14(10-18(23)21(19)26-22)13-4-6-24-7-5-13/h2-7,9-11,16H,8,12H2,1H3,(H,25,26)/t16-/m0/s1. The molecule has 5 nitrogen and oxygen atoms in total. The van der Waals surface area contributed by atoms with Crippen LogP contribution in [-0.2, 0) is 6.42 Å². The summed E-state index contributed by atoms with van der Waals surface area (Å²) in [5, 5.41) is 0. The van der Waals surface area contributed by atoms with E-state index >= 15 is 0 Å². The monoisotopic (exact) mass is 375 g/mol. The Morgan fingerprint density at radius 3 is 2.79 bits per heavy atom. The number of imidazole rings is 1. The van der Waals surface area contributed by atoms with E-state index in [-0.39, 0.29) is 11.7 Å². The molecule has 1 aliphatic heterocycles. The number of aromatic amines is 1. The van der Waals surface area contributed by atoms with E-state index in [1.807, 2.05) is 36.4 Å². The molecular formula is C22H18FN3O2. The Balaban J connectivity index is 1.51. The van der Waals surface area contributed by atoms with Gasteiger partial charge < -0.3 is 14.5 Å². The third-order valence-corrected chi connectivity index (χ3v) is 5.13. The highest BCUT2D eigenvalue weighted by Gasteiger charge is 2.25. The molecule has 28 heavy (non-hydrogen) atoms. The summed E-state index contributed by atoms with van der Waals surface area (Å²) >= 11 is 0. The lowest BCUT2D eigenvalue weighted by atomic mass is 9.96. The molecule has 3 heterocycles. The quantitative estimate of drug-likeness (QED) is 0.573. The lowest BCUT2D eigenvalue weighted by Gasteiger charge is -2.24. The van der Waals surface area contributed by atoms with Gasteiger partial charge in [0, 0.05) is 12.4 Å². The minimum Gasteiger partial charge on any atom is -0.497 e. The van der Waals surface area contributed by atoms with Crippen molar-refractivity contribution in [2.45, 2.75) is 12.3 Å². The van der Waals surface area contributed by atoms with Crippen LogP contribution >= 0.6 is 0 Å². The number of pyridine rings is 1. The summed E-state index contributed by atoms with van der Waals surface area (Å²) in [6, 6.07) is 12.9. The Bertz CT molecular complexity index is 1160. The number of nitrogens with zero attached hydrogens (tertiary/aromatic N) is 2. The third-order valence-electron chi connectivity index (χ3n) is 5.13. The molecule has 1 N–H and O–H groups in total. The number of hydrogen-bond acceptors (Lipinski definition) is 4. The zero-order chi connectivity index (χ0) is 19.1. The van der Waals surface area contributed by atoms with E-state index in [9.17, 15) is 4.39 Å². The number of ether oxygens (including phenoxy) is 2. The van der Waals surface area contributed by atoms with Gasteiger partial charge in [-0.05, 0) is 65.6 Å². The fourth-order valence-electron chi connectivity index (χ4n) is 3.67. The van der Waals surface area contributed by atoms with Crippen molar-refractivity contribution in [1.82, 2.24) is 15.0 Å². The molecule has 4 aromatic rings. The zero-order valence-corrected chi connectivity index (χ0v) is 15.3. The molecule has 0 radical (unpaired) electrons. The van der Waals surface area contributed by atoms with Crippen LogP contribution in [0.5, 0.6) is 11.5 Å². The predicted molar refractivity (Wildman–Crippen MR) is 104 cm³/mol. The Morgan fingerprint density at radius 2 is 1.96 bits per heavy atom. The molecule has 1 atom stereocenters. The van der Waals surface area contributed by atoms with Crippen molar-refractivity contribution < 1.29 is 13.9 Å². The van der Waals surface area contributed by atoms with Gasteiger partial charge in [0.15, 0.2) is 5.82 Å². The van der Waals surface area contributed by atoms with Crippen molar-refractivity contribution in [2.75, 3.05) is 13.7 Å². The average molecular weight is 375 g/mol. The lowest BCUT2D eigenvalue weighted by molar-refractivity contribution is 0.257. The van der Waals surface area contributed by atoms with Crippen LogP contribution < -0.4 is 9.47 Å². The third kappa shape index (κ3) is 2.87. The molecule has 0 amide bonds. The van der Waals surface area contributed by atoms with Crippen molar-refractivity contribution in [3.05, 3.63) is 72.1 Å². The van der Waals surface area contributed by atoms with Crippen LogP contribution in [0.3, 0.4) is 0 Å². The Morgan fingerprint density at radius 1 is 1.11 bits per heavy atom. The first kappa shape index (κ1) is 16.7. The van der Waals surface area contributed by atoms with E-state index < -0.39 is 0 Å². The van der Waals surface area contributed by atoms with Crippen molar-refractivity contribution in [2.24, 2.45) is 0 Å². The normalized spacial score (nSPS) is 15.9. The molecule has 1 aliphatic rings. The average Bonchev–Trinajstić information content (AvgIpc) is 3.18. The minimum atomic E-state index is -0.342. The molecule has 6 heteroatoms. The van der Waals surface area contributed by atoms with Crippen molar-refractivity contribution in [3.63, 3.8) is 0 Å². The number of benzene rings is 2. The lowest BCUT2D eigenvalue weighted by Crippen LogP contribution is -2.20. The molecule has 0 aliphatic carbocycles. The van der Waals surface area contributed by atoms with Gasteiger partial charge in [-0.1, -0.05) is 0 Å². The zero-order valence-electron chi connectivity index (χ0n) is 15.3. The van der Waals surface area contributed by atoms with E-state index in [1.165, 1.54) is 6.07 Å². The van der Waals surface area contributed by atoms with Crippen LogP contribution in [0.1, 0.15) is 17.3 Å². The minimum absolute atomic E-state index is 0.0239. The molecule has 0 bridgehead atoms. The smallest absolute Gasteiger partial charge is 0.151 e.